The summed E-state index contributed by atoms with van der Waals surface area (Å²) in [6.07, 6.45) is 3.78. The number of halogens is 1. The largest absolute Gasteiger partial charge is 0.378 e. The topological polar surface area (TPSA) is 61.3 Å². The number of benzene rings is 1. The number of methoxy groups -OCH3 is 1. The monoisotopic (exact) mass is 276 g/mol. The van der Waals surface area contributed by atoms with E-state index in [0.29, 0.717) is 17.5 Å². The molecule has 20 heavy (non-hydrogen) atoms. The Morgan fingerprint density at radius 1 is 1.45 bits per heavy atom. The van der Waals surface area contributed by atoms with Crippen molar-refractivity contribution in [1.82, 2.24) is 5.16 Å². The second kappa shape index (κ2) is 4.90. The third kappa shape index (κ3) is 2.18. The number of nitrogen functional groups attached to an aromatic ring is 1. The van der Waals surface area contributed by atoms with E-state index in [1.54, 1.807) is 19.2 Å². The smallest absolute Gasteiger partial charge is 0.230 e. The van der Waals surface area contributed by atoms with Gasteiger partial charge in [-0.1, -0.05) is 17.3 Å². The van der Waals surface area contributed by atoms with Crippen LogP contribution in [0.15, 0.2) is 28.8 Å². The van der Waals surface area contributed by atoms with E-state index in [2.05, 4.69) is 5.16 Å². The van der Waals surface area contributed by atoms with Crippen molar-refractivity contribution in [3.8, 4) is 11.1 Å². The fourth-order valence-corrected chi connectivity index (χ4v) is 2.74. The number of hydrogen-bond donors (Lipinski definition) is 1. The van der Waals surface area contributed by atoms with Gasteiger partial charge in [0, 0.05) is 13.5 Å². The van der Waals surface area contributed by atoms with Crippen molar-refractivity contribution >= 4 is 5.88 Å². The van der Waals surface area contributed by atoms with Crippen molar-refractivity contribution in [2.24, 2.45) is 0 Å². The summed E-state index contributed by atoms with van der Waals surface area (Å²) in [5.41, 5.74) is 7.77. The summed E-state index contributed by atoms with van der Waals surface area (Å²) >= 11 is 0. The predicted octanol–water partition coefficient (Wildman–Crippen LogP) is 3.17. The van der Waals surface area contributed by atoms with E-state index in [1.807, 2.05) is 0 Å². The maximum absolute atomic E-state index is 13.4. The third-order valence-electron chi connectivity index (χ3n) is 4.09. The van der Waals surface area contributed by atoms with Crippen LogP contribution in [0.25, 0.3) is 11.1 Å². The van der Waals surface area contributed by atoms with Gasteiger partial charge in [0.2, 0.25) is 5.88 Å². The van der Waals surface area contributed by atoms with E-state index in [9.17, 15) is 4.39 Å². The first-order valence-corrected chi connectivity index (χ1v) is 6.69. The Kier molecular flexibility index (Phi) is 3.22. The summed E-state index contributed by atoms with van der Waals surface area (Å²) in [4.78, 5) is 0. The Bertz CT molecular complexity index is 615. The van der Waals surface area contributed by atoms with Crippen LogP contribution in [-0.4, -0.2) is 17.9 Å². The van der Waals surface area contributed by atoms with Gasteiger partial charge in [0.15, 0.2) is 0 Å². The molecule has 2 aromatic rings. The Balaban J connectivity index is 1.97. The van der Waals surface area contributed by atoms with E-state index in [0.717, 1.165) is 25.0 Å². The zero-order chi connectivity index (χ0) is 14.2. The molecule has 1 aliphatic rings. The van der Waals surface area contributed by atoms with Crippen LogP contribution in [0, 0.1) is 5.82 Å². The molecule has 1 aliphatic carbocycles. The van der Waals surface area contributed by atoms with Gasteiger partial charge in [0.05, 0.1) is 16.9 Å². The third-order valence-corrected chi connectivity index (χ3v) is 4.09. The standard InChI is InChI=1S/C15H17FN2O2/c1-19-15(6-3-7-15)9-12-13(14(17)20-18-12)10-4-2-5-11(16)8-10/h2,4-5,8H,3,6-7,9,17H2,1H3. The number of nitrogens with zero attached hydrogens (tertiary/aromatic N) is 1. The molecule has 0 amide bonds. The zero-order valence-electron chi connectivity index (χ0n) is 11.4. The maximum Gasteiger partial charge on any atom is 0.230 e. The number of nitrogens with two attached hydrogens (primary N) is 1. The number of hydrogen-bond acceptors (Lipinski definition) is 4. The van der Waals surface area contributed by atoms with E-state index in [1.165, 1.54) is 12.1 Å². The van der Waals surface area contributed by atoms with Gasteiger partial charge in [-0.3, -0.25) is 0 Å². The molecule has 3 rings (SSSR count). The highest BCUT2D eigenvalue weighted by Crippen LogP contribution is 2.41. The molecule has 0 bridgehead atoms. The molecule has 5 heteroatoms. The minimum Gasteiger partial charge on any atom is -0.378 e. The molecule has 1 fully saturated rings. The lowest BCUT2D eigenvalue weighted by atomic mass is 9.76. The van der Waals surface area contributed by atoms with Crippen molar-refractivity contribution < 1.29 is 13.7 Å². The van der Waals surface area contributed by atoms with Crippen molar-refractivity contribution in [3.63, 3.8) is 0 Å². The van der Waals surface area contributed by atoms with Gasteiger partial charge in [-0.05, 0) is 37.0 Å². The highest BCUT2D eigenvalue weighted by Gasteiger charge is 2.39. The fraction of sp³-hybridized carbons (Fsp3) is 0.400. The summed E-state index contributed by atoms with van der Waals surface area (Å²) in [7, 11) is 1.71. The van der Waals surface area contributed by atoms with E-state index in [4.69, 9.17) is 15.0 Å². The van der Waals surface area contributed by atoms with Crippen LogP contribution in [0.3, 0.4) is 0 Å². The summed E-state index contributed by atoms with van der Waals surface area (Å²) < 4.78 is 24.1. The molecule has 106 valence electrons. The van der Waals surface area contributed by atoms with Crippen LogP contribution in [0.5, 0.6) is 0 Å². The van der Waals surface area contributed by atoms with E-state index < -0.39 is 0 Å². The van der Waals surface area contributed by atoms with Gasteiger partial charge in [-0.25, -0.2) is 4.39 Å². The fourth-order valence-electron chi connectivity index (χ4n) is 2.74. The molecule has 0 atom stereocenters. The summed E-state index contributed by atoms with van der Waals surface area (Å²) in [6, 6.07) is 6.29. The summed E-state index contributed by atoms with van der Waals surface area (Å²) in [5.74, 6) is -0.0877. The van der Waals surface area contributed by atoms with Crippen LogP contribution >= 0.6 is 0 Å². The van der Waals surface area contributed by atoms with Crippen LogP contribution in [0.4, 0.5) is 10.3 Å². The molecule has 1 heterocycles. The lowest BCUT2D eigenvalue weighted by molar-refractivity contribution is -0.0717. The SMILES string of the molecule is COC1(Cc2noc(N)c2-c2cccc(F)c2)CCC1. The van der Waals surface area contributed by atoms with Gasteiger partial charge < -0.3 is 15.0 Å². The first kappa shape index (κ1) is 13.1. The molecule has 1 saturated carbocycles. The molecule has 0 unspecified atom stereocenters. The van der Waals surface area contributed by atoms with Gasteiger partial charge in [0.25, 0.3) is 0 Å². The molecule has 0 radical (unpaired) electrons. The molecular formula is C15H17FN2O2. The Hall–Kier alpha value is -1.88. The minimum absolute atomic E-state index is 0.175. The van der Waals surface area contributed by atoms with Crippen LogP contribution in [0.2, 0.25) is 0 Å². The van der Waals surface area contributed by atoms with Crippen molar-refractivity contribution in [2.45, 2.75) is 31.3 Å². The molecule has 0 spiro atoms. The summed E-state index contributed by atoms with van der Waals surface area (Å²) in [5, 5.41) is 4.03. The quantitative estimate of drug-likeness (QED) is 0.931. The lowest BCUT2D eigenvalue weighted by Gasteiger charge is -2.40. The van der Waals surface area contributed by atoms with Crippen LogP contribution < -0.4 is 5.73 Å². The number of anilines is 1. The van der Waals surface area contributed by atoms with Gasteiger partial charge in [0.1, 0.15) is 5.82 Å². The van der Waals surface area contributed by atoms with Gasteiger partial charge >= 0.3 is 0 Å². The highest BCUT2D eigenvalue weighted by atomic mass is 19.1. The van der Waals surface area contributed by atoms with Crippen LogP contribution in [0.1, 0.15) is 25.0 Å². The Labute approximate surface area is 116 Å². The van der Waals surface area contributed by atoms with Gasteiger partial charge in [-0.15, -0.1) is 0 Å². The molecule has 0 aliphatic heterocycles. The van der Waals surface area contributed by atoms with Crippen molar-refractivity contribution in [1.29, 1.82) is 0 Å². The first-order chi connectivity index (χ1) is 9.63. The normalized spacial score (nSPS) is 16.9. The number of aromatic nitrogens is 1. The molecule has 2 N–H and O–H groups in total. The highest BCUT2D eigenvalue weighted by molar-refractivity contribution is 5.75. The average molecular weight is 276 g/mol. The second-order valence-corrected chi connectivity index (χ2v) is 5.30. The number of ether oxygens (including phenoxy) is 1. The van der Waals surface area contributed by atoms with Crippen LogP contribution in [-0.2, 0) is 11.2 Å². The Morgan fingerprint density at radius 3 is 2.85 bits per heavy atom. The molecule has 0 saturated heterocycles. The van der Waals surface area contributed by atoms with Crippen molar-refractivity contribution in [2.75, 3.05) is 12.8 Å². The first-order valence-electron chi connectivity index (χ1n) is 6.69. The molecule has 1 aromatic carbocycles. The average Bonchev–Trinajstić information content (AvgIpc) is 2.75. The zero-order valence-corrected chi connectivity index (χ0v) is 11.4. The molecule has 1 aromatic heterocycles. The number of rotatable bonds is 4. The summed E-state index contributed by atoms with van der Waals surface area (Å²) in [6.45, 7) is 0. The minimum atomic E-state index is -0.306. The van der Waals surface area contributed by atoms with Crippen molar-refractivity contribution in [3.05, 3.63) is 35.8 Å². The molecular weight excluding hydrogens is 259 g/mol. The van der Waals surface area contributed by atoms with E-state index in [-0.39, 0.29) is 17.3 Å². The lowest BCUT2D eigenvalue weighted by Crippen LogP contribution is -2.41. The second-order valence-electron chi connectivity index (χ2n) is 5.30. The molecule has 4 nitrogen and oxygen atoms in total. The maximum atomic E-state index is 13.4. The predicted molar refractivity (Wildman–Crippen MR) is 73.6 cm³/mol. The van der Waals surface area contributed by atoms with E-state index >= 15 is 0 Å². The Morgan fingerprint density at radius 2 is 2.25 bits per heavy atom. The van der Waals surface area contributed by atoms with Gasteiger partial charge in [-0.2, -0.15) is 0 Å².